The summed E-state index contributed by atoms with van der Waals surface area (Å²) in [6.45, 7) is 43.6. The van der Waals surface area contributed by atoms with E-state index in [2.05, 4.69) is 213 Å². The van der Waals surface area contributed by atoms with Crippen molar-refractivity contribution >= 4 is 57.2 Å². The fraction of sp³-hybridized carbons (Fsp3) is 0.483. The van der Waals surface area contributed by atoms with Gasteiger partial charge in [-0.1, -0.05) is 154 Å². The van der Waals surface area contributed by atoms with E-state index in [1.165, 1.54) is 108 Å². The molecule has 2 aliphatic carbocycles. The van der Waals surface area contributed by atoms with E-state index in [9.17, 15) is 0 Å². The second-order valence-electron chi connectivity index (χ2n) is 25.5. The van der Waals surface area contributed by atoms with Crippen LogP contribution in [-0.2, 0) is 37.9 Å². The van der Waals surface area contributed by atoms with Crippen molar-refractivity contribution < 1.29 is 0 Å². The maximum atomic E-state index is 2.75. The molecule has 0 aromatic heterocycles. The SMILES string of the molecule is Cc1cc2c(cc1N1c3cc4c(cc3B3c5cc(C(C)(C)C)ccc5N(c5cccc(C(C)(C)C)c5)c5cc(C(C)(C)C)cc1c53)C(C)(C)CC4(C)C)C(C)(C)CCC2(C)C. The highest BCUT2D eigenvalue weighted by Crippen LogP contribution is 2.55. The number of benzene rings is 5. The molecule has 5 aromatic rings. The molecule has 0 saturated heterocycles. The molecule has 0 amide bonds. The summed E-state index contributed by atoms with van der Waals surface area (Å²) < 4.78 is 0. The summed E-state index contributed by atoms with van der Waals surface area (Å²) in [6.07, 6.45) is 3.54. The molecular weight excluding hydrogens is 735 g/mol. The highest BCUT2D eigenvalue weighted by Gasteiger charge is 2.49. The maximum absolute atomic E-state index is 2.75. The number of aryl methyl sites for hydroxylation is 1. The van der Waals surface area contributed by atoms with Gasteiger partial charge >= 0.3 is 0 Å². The molecule has 0 radical (unpaired) electrons. The maximum Gasteiger partial charge on any atom is 0.252 e. The van der Waals surface area contributed by atoms with Crippen LogP contribution in [0.1, 0.15) is 181 Å². The molecule has 5 aromatic carbocycles. The number of anilines is 6. The van der Waals surface area contributed by atoms with Gasteiger partial charge in [0.2, 0.25) is 0 Å². The minimum Gasteiger partial charge on any atom is -0.311 e. The van der Waals surface area contributed by atoms with Gasteiger partial charge in [-0.2, -0.15) is 0 Å². The topological polar surface area (TPSA) is 6.48 Å². The molecule has 9 rings (SSSR count). The largest absolute Gasteiger partial charge is 0.311 e. The Morgan fingerprint density at radius 1 is 0.443 bits per heavy atom. The normalized spacial score (nSPS) is 19.2. The zero-order valence-electron chi connectivity index (χ0n) is 41.1. The van der Waals surface area contributed by atoms with Crippen molar-refractivity contribution in [1.29, 1.82) is 0 Å². The number of nitrogens with zero attached hydrogens (tertiary/aromatic N) is 2. The Hall–Kier alpha value is -4.24. The predicted octanol–water partition coefficient (Wildman–Crippen LogP) is 14.3. The lowest BCUT2D eigenvalue weighted by atomic mass is 9.33. The van der Waals surface area contributed by atoms with Crippen molar-refractivity contribution in [3.63, 3.8) is 0 Å². The van der Waals surface area contributed by atoms with Crippen LogP contribution in [0.25, 0.3) is 0 Å². The Kier molecular flexibility index (Phi) is 8.92. The molecule has 0 N–H and O–H groups in total. The van der Waals surface area contributed by atoms with Gasteiger partial charge in [0.1, 0.15) is 0 Å². The van der Waals surface area contributed by atoms with Gasteiger partial charge in [-0.25, -0.2) is 0 Å². The van der Waals surface area contributed by atoms with Crippen molar-refractivity contribution in [1.82, 2.24) is 0 Å². The third-order valence-corrected chi connectivity index (χ3v) is 15.7. The van der Waals surface area contributed by atoms with Crippen LogP contribution in [0.5, 0.6) is 0 Å². The van der Waals surface area contributed by atoms with Crippen molar-refractivity contribution in [2.45, 2.75) is 182 Å². The highest BCUT2D eigenvalue weighted by molar-refractivity contribution is 7.00. The van der Waals surface area contributed by atoms with Gasteiger partial charge in [-0.05, 0) is 167 Å². The minimum absolute atomic E-state index is 0.000480. The van der Waals surface area contributed by atoms with E-state index >= 15 is 0 Å². The number of hydrogen-bond acceptors (Lipinski definition) is 2. The lowest BCUT2D eigenvalue weighted by molar-refractivity contribution is 0.332. The summed E-state index contributed by atoms with van der Waals surface area (Å²) in [6, 6.07) is 32.5. The lowest BCUT2D eigenvalue weighted by Crippen LogP contribution is -2.62. The average molecular weight is 809 g/mol. The number of fused-ring (bicyclic) bond motifs is 6. The quantitative estimate of drug-likeness (QED) is 0.161. The molecular formula is C58H73BN2. The van der Waals surface area contributed by atoms with E-state index in [1.807, 2.05) is 0 Å². The van der Waals surface area contributed by atoms with Crippen LogP contribution in [0.4, 0.5) is 34.1 Å². The highest BCUT2D eigenvalue weighted by atomic mass is 15.2. The summed E-state index contributed by atoms with van der Waals surface area (Å²) >= 11 is 0. The molecule has 0 saturated carbocycles. The molecule has 2 heterocycles. The van der Waals surface area contributed by atoms with E-state index in [1.54, 1.807) is 0 Å². The number of rotatable bonds is 2. The first-order valence-corrected chi connectivity index (χ1v) is 23.4. The Labute approximate surface area is 370 Å². The lowest BCUT2D eigenvalue weighted by Gasteiger charge is -2.47. The van der Waals surface area contributed by atoms with Crippen molar-refractivity contribution in [2.24, 2.45) is 0 Å². The van der Waals surface area contributed by atoms with E-state index < -0.39 is 0 Å². The minimum atomic E-state index is -0.0802. The summed E-state index contributed by atoms with van der Waals surface area (Å²) in [5, 5.41) is 0. The molecule has 2 nitrogen and oxygen atoms in total. The smallest absolute Gasteiger partial charge is 0.252 e. The first-order valence-electron chi connectivity index (χ1n) is 23.4. The Bertz CT molecular complexity index is 2650. The first-order chi connectivity index (χ1) is 28.0. The summed E-state index contributed by atoms with van der Waals surface area (Å²) in [5.41, 5.74) is 23.9. The van der Waals surface area contributed by atoms with E-state index in [0.29, 0.717) is 0 Å². The van der Waals surface area contributed by atoms with Crippen LogP contribution in [0.15, 0.2) is 78.9 Å². The molecule has 0 spiro atoms. The number of hydrogen-bond donors (Lipinski definition) is 0. The third kappa shape index (κ3) is 6.48. The van der Waals surface area contributed by atoms with Crippen LogP contribution in [0.2, 0.25) is 0 Å². The van der Waals surface area contributed by atoms with Crippen LogP contribution >= 0.6 is 0 Å². The standard InChI is InChI=1S/C58H73BN2/c1-35-26-40-42(56(13,14)25-24-55(40,11)12)32-47(35)61-48-33-43-41(57(15,16)34-58(43,17)18)31-45(48)59-44-28-37(53(5,6)7)22-23-46(44)60(39-21-19-20-36(27-39)52(2,3)4)49-29-38(54(8,9)10)30-50(61)51(49)59/h19-23,26-33H,24-25,34H2,1-18H3. The Morgan fingerprint density at radius 3 is 1.52 bits per heavy atom. The molecule has 0 unspecified atom stereocenters. The summed E-state index contributed by atoms with van der Waals surface area (Å²) in [4.78, 5) is 5.38. The summed E-state index contributed by atoms with van der Waals surface area (Å²) in [5.74, 6) is 0. The molecule has 2 aliphatic heterocycles. The predicted molar refractivity (Wildman–Crippen MR) is 267 cm³/mol. The van der Waals surface area contributed by atoms with Crippen molar-refractivity contribution in [2.75, 3.05) is 9.80 Å². The monoisotopic (exact) mass is 809 g/mol. The zero-order valence-corrected chi connectivity index (χ0v) is 41.1. The Morgan fingerprint density at radius 2 is 0.934 bits per heavy atom. The van der Waals surface area contributed by atoms with Crippen LogP contribution < -0.4 is 26.2 Å². The molecule has 3 heteroatoms. The van der Waals surface area contributed by atoms with Crippen molar-refractivity contribution in [3.05, 3.63) is 123 Å². The van der Waals surface area contributed by atoms with E-state index in [4.69, 9.17) is 0 Å². The van der Waals surface area contributed by atoms with Gasteiger partial charge in [-0.15, -0.1) is 0 Å². The average Bonchev–Trinajstić information content (AvgIpc) is 3.33. The fourth-order valence-electron chi connectivity index (χ4n) is 12.0. The van der Waals surface area contributed by atoms with Gasteiger partial charge in [0.25, 0.3) is 6.71 Å². The van der Waals surface area contributed by atoms with Crippen LogP contribution in [-0.4, -0.2) is 6.71 Å². The Balaban J connectivity index is 1.46. The molecule has 4 aliphatic rings. The van der Waals surface area contributed by atoms with Crippen LogP contribution in [0, 0.1) is 6.92 Å². The van der Waals surface area contributed by atoms with Gasteiger partial charge in [0.05, 0.1) is 0 Å². The second-order valence-corrected chi connectivity index (χ2v) is 25.5. The van der Waals surface area contributed by atoms with Gasteiger partial charge in [-0.3, -0.25) is 0 Å². The van der Waals surface area contributed by atoms with Crippen molar-refractivity contribution in [3.8, 4) is 0 Å². The molecule has 0 bridgehead atoms. The van der Waals surface area contributed by atoms with Crippen LogP contribution in [0.3, 0.4) is 0 Å². The van der Waals surface area contributed by atoms with E-state index in [-0.39, 0.29) is 44.6 Å². The van der Waals surface area contributed by atoms with Gasteiger partial charge < -0.3 is 9.80 Å². The van der Waals surface area contributed by atoms with Gasteiger partial charge in [0.15, 0.2) is 0 Å². The first kappa shape index (κ1) is 42.1. The third-order valence-electron chi connectivity index (χ3n) is 15.7. The fourth-order valence-corrected chi connectivity index (χ4v) is 12.0. The molecule has 0 fully saturated rings. The van der Waals surface area contributed by atoms with E-state index in [0.717, 1.165) is 6.42 Å². The molecule has 0 atom stereocenters. The molecule has 318 valence electrons. The summed E-state index contributed by atoms with van der Waals surface area (Å²) in [7, 11) is 0. The second kappa shape index (κ2) is 12.9. The van der Waals surface area contributed by atoms with Gasteiger partial charge in [0, 0.05) is 34.1 Å². The molecule has 61 heavy (non-hydrogen) atoms. The zero-order chi connectivity index (χ0) is 44.4.